The third-order valence-corrected chi connectivity index (χ3v) is 6.74. The van der Waals surface area contributed by atoms with Crippen molar-refractivity contribution in [2.75, 3.05) is 5.32 Å². The van der Waals surface area contributed by atoms with Gasteiger partial charge in [0.1, 0.15) is 11.2 Å². The molecular formula is C36H27NO. The normalized spacial score (nSPS) is 11.8. The second-order valence-electron chi connectivity index (χ2n) is 9.14. The van der Waals surface area contributed by atoms with Gasteiger partial charge in [-0.05, 0) is 52.1 Å². The number of allylic oxidation sites excluding steroid dienone is 4. The van der Waals surface area contributed by atoms with Gasteiger partial charge in [0.2, 0.25) is 0 Å². The van der Waals surface area contributed by atoms with Gasteiger partial charge in [-0.2, -0.15) is 0 Å². The zero-order valence-electron chi connectivity index (χ0n) is 21.0. The molecule has 6 aromatic rings. The Balaban J connectivity index is 1.19. The van der Waals surface area contributed by atoms with Crippen LogP contribution in [0, 0.1) is 0 Å². The lowest BCUT2D eigenvalue weighted by Crippen LogP contribution is -1.89. The van der Waals surface area contributed by atoms with Crippen LogP contribution in [0.1, 0.15) is 5.56 Å². The van der Waals surface area contributed by atoms with Gasteiger partial charge < -0.3 is 9.73 Å². The summed E-state index contributed by atoms with van der Waals surface area (Å²) >= 11 is 0. The van der Waals surface area contributed by atoms with Crippen LogP contribution >= 0.6 is 0 Å². The van der Waals surface area contributed by atoms with E-state index in [0.717, 1.165) is 38.8 Å². The van der Waals surface area contributed by atoms with Crippen molar-refractivity contribution in [3.05, 3.63) is 158 Å². The number of hydrogen-bond acceptors (Lipinski definition) is 2. The van der Waals surface area contributed by atoms with Gasteiger partial charge in [0, 0.05) is 28.2 Å². The second-order valence-corrected chi connectivity index (χ2v) is 9.14. The topological polar surface area (TPSA) is 25.2 Å². The zero-order chi connectivity index (χ0) is 25.7. The predicted molar refractivity (Wildman–Crippen MR) is 162 cm³/mol. The maximum atomic E-state index is 6.23. The number of rotatable bonds is 7. The summed E-state index contributed by atoms with van der Waals surface area (Å²) in [5.74, 6) is 0. The highest BCUT2D eigenvalue weighted by Gasteiger charge is 2.11. The zero-order valence-corrected chi connectivity index (χ0v) is 21.0. The average Bonchev–Trinajstić information content (AvgIpc) is 3.37. The summed E-state index contributed by atoms with van der Waals surface area (Å²) in [5, 5.41) is 5.64. The highest BCUT2D eigenvalue weighted by molar-refractivity contribution is 6.08. The van der Waals surface area contributed by atoms with Crippen molar-refractivity contribution in [3.8, 4) is 22.3 Å². The SMILES string of the molecule is C=C/C=C(\C=C/Nc1ccc(-c2ccc(-c3ccccc3)cc2)cc1)c1cccc2c1oc1ccccc12. The van der Waals surface area contributed by atoms with Crippen molar-refractivity contribution in [2.24, 2.45) is 0 Å². The Morgan fingerprint density at radius 2 is 1.21 bits per heavy atom. The third-order valence-electron chi connectivity index (χ3n) is 6.74. The Hall–Kier alpha value is -5.08. The Bertz CT molecular complexity index is 1770. The minimum absolute atomic E-state index is 0.883. The molecule has 182 valence electrons. The standard InChI is InChI=1S/C36H27NO/c1-2-9-30(32-13-8-14-34-33-12-6-7-15-35(33)38-36(32)34)24-25-37-31-22-20-29(21-23-31)28-18-16-27(17-19-28)26-10-4-3-5-11-26/h2-25,37H,1H2/b25-24-,30-9+. The molecule has 0 amide bonds. The molecule has 38 heavy (non-hydrogen) atoms. The maximum Gasteiger partial charge on any atom is 0.143 e. The first-order valence-electron chi connectivity index (χ1n) is 12.7. The average molecular weight is 490 g/mol. The smallest absolute Gasteiger partial charge is 0.143 e. The molecule has 0 atom stereocenters. The van der Waals surface area contributed by atoms with E-state index >= 15 is 0 Å². The van der Waals surface area contributed by atoms with E-state index in [4.69, 9.17) is 4.42 Å². The Kier molecular flexibility index (Phi) is 6.44. The van der Waals surface area contributed by atoms with Crippen molar-refractivity contribution in [3.63, 3.8) is 0 Å². The number of anilines is 1. The van der Waals surface area contributed by atoms with Gasteiger partial charge in [-0.15, -0.1) is 0 Å². The molecular weight excluding hydrogens is 462 g/mol. The molecule has 0 fully saturated rings. The minimum atomic E-state index is 0.883. The summed E-state index contributed by atoms with van der Waals surface area (Å²) in [4.78, 5) is 0. The molecule has 0 bridgehead atoms. The molecule has 0 aliphatic carbocycles. The lowest BCUT2D eigenvalue weighted by atomic mass is 10.0. The van der Waals surface area contributed by atoms with E-state index in [9.17, 15) is 0 Å². The maximum absolute atomic E-state index is 6.23. The third kappa shape index (κ3) is 4.68. The summed E-state index contributed by atoms with van der Waals surface area (Å²) in [6.07, 6.45) is 7.82. The molecule has 2 nitrogen and oxygen atoms in total. The predicted octanol–water partition coefficient (Wildman–Crippen LogP) is 10.1. The number of para-hydroxylation sites is 2. The molecule has 0 radical (unpaired) electrons. The van der Waals surface area contributed by atoms with Crippen molar-refractivity contribution in [1.82, 2.24) is 0 Å². The van der Waals surface area contributed by atoms with Crippen molar-refractivity contribution < 1.29 is 4.42 Å². The van der Waals surface area contributed by atoms with E-state index in [1.165, 1.54) is 22.3 Å². The molecule has 1 N–H and O–H groups in total. The molecule has 2 heteroatoms. The van der Waals surface area contributed by atoms with Gasteiger partial charge in [-0.25, -0.2) is 0 Å². The molecule has 0 spiro atoms. The number of benzene rings is 5. The molecule has 0 saturated carbocycles. The summed E-state index contributed by atoms with van der Waals surface area (Å²) < 4.78 is 6.23. The van der Waals surface area contributed by atoms with E-state index in [2.05, 4.69) is 115 Å². The number of nitrogens with one attached hydrogen (secondary N) is 1. The molecule has 0 aliphatic rings. The Morgan fingerprint density at radius 1 is 0.605 bits per heavy atom. The minimum Gasteiger partial charge on any atom is -0.455 e. The first-order chi connectivity index (χ1) is 18.8. The van der Waals surface area contributed by atoms with Crippen LogP contribution in [0.3, 0.4) is 0 Å². The van der Waals surface area contributed by atoms with Crippen molar-refractivity contribution >= 4 is 33.2 Å². The number of furan rings is 1. The fourth-order valence-electron chi connectivity index (χ4n) is 4.81. The monoisotopic (exact) mass is 489 g/mol. The molecule has 6 rings (SSSR count). The van der Waals surface area contributed by atoms with Crippen molar-refractivity contribution in [1.29, 1.82) is 0 Å². The van der Waals surface area contributed by atoms with Gasteiger partial charge >= 0.3 is 0 Å². The molecule has 1 heterocycles. The highest BCUT2D eigenvalue weighted by atomic mass is 16.3. The van der Waals surface area contributed by atoms with Gasteiger partial charge in [0.25, 0.3) is 0 Å². The van der Waals surface area contributed by atoms with Crippen LogP contribution in [0.5, 0.6) is 0 Å². The van der Waals surface area contributed by atoms with E-state index < -0.39 is 0 Å². The summed E-state index contributed by atoms with van der Waals surface area (Å²) in [7, 11) is 0. The van der Waals surface area contributed by atoms with Gasteiger partial charge in [-0.3, -0.25) is 0 Å². The largest absolute Gasteiger partial charge is 0.455 e. The van der Waals surface area contributed by atoms with E-state index in [0.29, 0.717) is 0 Å². The van der Waals surface area contributed by atoms with Crippen LogP contribution in [0.15, 0.2) is 157 Å². The molecule has 0 unspecified atom stereocenters. The lowest BCUT2D eigenvalue weighted by molar-refractivity contribution is 0.668. The summed E-state index contributed by atoms with van der Waals surface area (Å²) in [6, 6.07) is 42.0. The second kappa shape index (κ2) is 10.5. The van der Waals surface area contributed by atoms with E-state index in [1.807, 2.05) is 36.5 Å². The number of fused-ring (bicyclic) bond motifs is 3. The van der Waals surface area contributed by atoms with Gasteiger partial charge in [0.05, 0.1) is 0 Å². The van der Waals surface area contributed by atoms with Crippen LogP contribution in [0.4, 0.5) is 5.69 Å². The molecule has 0 aliphatic heterocycles. The van der Waals surface area contributed by atoms with Gasteiger partial charge in [-0.1, -0.05) is 122 Å². The van der Waals surface area contributed by atoms with Crippen LogP contribution < -0.4 is 5.32 Å². The fraction of sp³-hybridized carbons (Fsp3) is 0. The van der Waals surface area contributed by atoms with Crippen LogP contribution in [0.25, 0.3) is 49.8 Å². The van der Waals surface area contributed by atoms with Gasteiger partial charge in [0.15, 0.2) is 0 Å². The van der Waals surface area contributed by atoms with Crippen LogP contribution in [-0.2, 0) is 0 Å². The van der Waals surface area contributed by atoms with Crippen LogP contribution in [0.2, 0.25) is 0 Å². The molecule has 1 aromatic heterocycles. The summed E-state index contributed by atoms with van der Waals surface area (Å²) in [5.41, 5.74) is 9.68. The first kappa shape index (κ1) is 23.3. The van der Waals surface area contributed by atoms with E-state index in [1.54, 1.807) is 6.08 Å². The lowest BCUT2D eigenvalue weighted by Gasteiger charge is -2.07. The molecule has 0 saturated heterocycles. The van der Waals surface area contributed by atoms with Crippen LogP contribution in [-0.4, -0.2) is 0 Å². The Morgan fingerprint density at radius 3 is 1.92 bits per heavy atom. The quantitative estimate of drug-likeness (QED) is 0.226. The Labute approximate surface area is 222 Å². The summed E-state index contributed by atoms with van der Waals surface area (Å²) in [6.45, 7) is 3.91. The molecule has 5 aromatic carbocycles. The first-order valence-corrected chi connectivity index (χ1v) is 12.7. The highest BCUT2D eigenvalue weighted by Crippen LogP contribution is 2.34. The van der Waals surface area contributed by atoms with E-state index in [-0.39, 0.29) is 0 Å². The number of hydrogen-bond donors (Lipinski definition) is 1. The fourth-order valence-corrected chi connectivity index (χ4v) is 4.81. The van der Waals surface area contributed by atoms with Crippen molar-refractivity contribution in [2.45, 2.75) is 0 Å².